The number of pyridine rings is 1. The van der Waals surface area contributed by atoms with Gasteiger partial charge in [-0.2, -0.15) is 0 Å². The van der Waals surface area contributed by atoms with Gasteiger partial charge in [-0.05, 0) is 23.6 Å². The van der Waals surface area contributed by atoms with Crippen molar-refractivity contribution in [1.29, 1.82) is 0 Å². The quantitative estimate of drug-likeness (QED) is 0.458. The van der Waals surface area contributed by atoms with Gasteiger partial charge in [0.2, 0.25) is 0 Å². The van der Waals surface area contributed by atoms with E-state index in [1.54, 1.807) is 18.2 Å². The van der Waals surface area contributed by atoms with Crippen LogP contribution in [0.2, 0.25) is 0 Å². The fourth-order valence-electron chi connectivity index (χ4n) is 3.78. The van der Waals surface area contributed by atoms with E-state index < -0.39 is 23.0 Å². The number of fused-ring (bicyclic) bond motifs is 2. The van der Waals surface area contributed by atoms with Gasteiger partial charge in [0.15, 0.2) is 0 Å². The van der Waals surface area contributed by atoms with Gasteiger partial charge in [0.25, 0.3) is 5.56 Å². The van der Waals surface area contributed by atoms with Gasteiger partial charge >= 0.3 is 11.7 Å². The molecule has 7 nitrogen and oxygen atoms in total. The van der Waals surface area contributed by atoms with Crippen molar-refractivity contribution >= 4 is 68.0 Å². The zero-order valence-electron chi connectivity index (χ0n) is 18.2. The molecule has 0 aliphatic rings. The predicted molar refractivity (Wildman–Crippen MR) is 123 cm³/mol. The van der Waals surface area contributed by atoms with E-state index in [1.807, 2.05) is 13.8 Å². The monoisotopic (exact) mass is 464 g/mol. The number of para-hydroxylation sites is 1. The first-order valence-electron chi connectivity index (χ1n) is 9.71. The topological polar surface area (TPSA) is 94.2 Å². The second kappa shape index (κ2) is 9.27. The van der Waals surface area contributed by atoms with Crippen LogP contribution in [0.4, 0.5) is 4.39 Å². The summed E-state index contributed by atoms with van der Waals surface area (Å²) in [6.07, 6.45) is 1.64. The van der Waals surface area contributed by atoms with Crippen LogP contribution in [0.15, 0.2) is 40.1 Å². The summed E-state index contributed by atoms with van der Waals surface area (Å²) < 4.78 is 16.6. The number of hydrogen-bond donors (Lipinski definition) is 1. The zero-order valence-corrected chi connectivity index (χ0v) is 21.0. The molecule has 0 saturated heterocycles. The van der Waals surface area contributed by atoms with Gasteiger partial charge in [0.05, 0.1) is 10.9 Å². The zero-order chi connectivity index (χ0) is 22.4. The van der Waals surface area contributed by atoms with Crippen LogP contribution < -0.4 is 11.2 Å². The van der Waals surface area contributed by atoms with Gasteiger partial charge in [0, 0.05) is 66.0 Å². The van der Waals surface area contributed by atoms with Gasteiger partial charge in [-0.1, -0.05) is 26.0 Å². The molecule has 4 rings (SSSR count). The Balaban J connectivity index is 0.00000289. The molecule has 0 atom stereocenters. The van der Waals surface area contributed by atoms with E-state index in [9.17, 15) is 23.9 Å². The Labute approximate surface area is 208 Å². The molecular weight excluding hydrogens is 444 g/mol. The minimum Gasteiger partial charge on any atom is -0.478 e. The summed E-state index contributed by atoms with van der Waals surface area (Å²) in [5, 5.41) is 10.5. The average molecular weight is 464 g/mol. The molecule has 1 N–H and O–H groups in total. The van der Waals surface area contributed by atoms with E-state index in [0.29, 0.717) is 27.2 Å². The molecule has 1 aromatic carbocycles. The minimum atomic E-state index is -1.24. The average Bonchev–Trinajstić information content (AvgIpc) is 3.09. The molecule has 3 aromatic heterocycles. The predicted octanol–water partition coefficient (Wildman–Crippen LogP) is 3.01. The van der Waals surface area contributed by atoms with Crippen molar-refractivity contribution in [3.63, 3.8) is 0 Å². The molecule has 0 aliphatic carbocycles. The van der Waals surface area contributed by atoms with Gasteiger partial charge in [-0.25, -0.2) is 14.0 Å². The standard InChI is InChI=1S/C22H20FN3O4S.Na/c1-11(2)10-26-20-17(19(27)25(3)22(26)30)16(21(28)29)15(31-20)9-12-7-8-24-18-13(12)5-4-6-14(18)23;/h4-8,11H,9-10H2,1-3H3,(H,28,29);. The van der Waals surface area contributed by atoms with Crippen LogP contribution in [0.5, 0.6) is 0 Å². The molecule has 3 heterocycles. The Morgan fingerprint density at radius 3 is 2.62 bits per heavy atom. The molecule has 0 spiro atoms. The van der Waals surface area contributed by atoms with Crippen LogP contribution in [0, 0.1) is 11.7 Å². The molecular formula is C22H20FN3NaO4S. The van der Waals surface area contributed by atoms with E-state index in [4.69, 9.17) is 0 Å². The van der Waals surface area contributed by atoms with Gasteiger partial charge in [-0.3, -0.25) is 18.9 Å². The Kier molecular flexibility index (Phi) is 7.04. The number of aromatic carboxylic acids is 1. The smallest absolute Gasteiger partial charge is 0.337 e. The number of halogens is 1. The first-order chi connectivity index (χ1) is 14.7. The number of nitrogens with zero attached hydrogens (tertiary/aromatic N) is 3. The van der Waals surface area contributed by atoms with Crippen LogP contribution in [0.25, 0.3) is 21.1 Å². The Morgan fingerprint density at radius 2 is 1.97 bits per heavy atom. The number of carbonyl (C=O) groups is 1. The van der Waals surface area contributed by atoms with E-state index >= 15 is 0 Å². The number of thiophene rings is 1. The number of hydrogen-bond acceptors (Lipinski definition) is 5. The molecule has 0 aliphatic heterocycles. The molecule has 32 heavy (non-hydrogen) atoms. The fourth-order valence-corrected chi connectivity index (χ4v) is 5.08. The Morgan fingerprint density at radius 1 is 1.25 bits per heavy atom. The first kappa shape index (κ1) is 24.3. The summed E-state index contributed by atoms with van der Waals surface area (Å²) in [7, 11) is 1.35. The second-order valence-corrected chi connectivity index (χ2v) is 8.90. The number of benzene rings is 1. The SMILES string of the molecule is CC(C)Cn1c(=O)n(C)c(=O)c2c(C(=O)O)c(Cc3ccnc4c(F)cccc34)sc21.[Na]. The van der Waals surface area contributed by atoms with Crippen molar-refractivity contribution in [3.8, 4) is 0 Å². The van der Waals surface area contributed by atoms with Crippen LogP contribution >= 0.6 is 11.3 Å². The maximum absolute atomic E-state index is 14.2. The van der Waals surface area contributed by atoms with E-state index in [-0.39, 0.29) is 58.4 Å². The molecule has 0 bridgehead atoms. The number of rotatable bonds is 5. The van der Waals surface area contributed by atoms with Crippen LogP contribution in [-0.2, 0) is 20.0 Å². The maximum Gasteiger partial charge on any atom is 0.337 e. The van der Waals surface area contributed by atoms with Crippen molar-refractivity contribution < 1.29 is 14.3 Å². The largest absolute Gasteiger partial charge is 0.478 e. The van der Waals surface area contributed by atoms with Crippen molar-refractivity contribution in [2.75, 3.05) is 0 Å². The Hall–Kier alpha value is -2.33. The van der Waals surface area contributed by atoms with Crippen molar-refractivity contribution in [3.05, 3.63) is 73.1 Å². The molecule has 161 valence electrons. The third-order valence-corrected chi connectivity index (χ3v) is 6.38. The maximum atomic E-state index is 14.2. The van der Waals surface area contributed by atoms with E-state index in [1.165, 1.54) is 23.9 Å². The molecule has 0 saturated carbocycles. The Bertz CT molecular complexity index is 1470. The molecule has 0 unspecified atom stereocenters. The van der Waals surface area contributed by atoms with Gasteiger partial charge < -0.3 is 5.11 Å². The summed E-state index contributed by atoms with van der Waals surface area (Å²) in [5.74, 6) is -1.59. The molecule has 0 fully saturated rings. The summed E-state index contributed by atoms with van der Waals surface area (Å²) >= 11 is 1.12. The number of carboxylic acid groups (broad SMARTS) is 1. The van der Waals surface area contributed by atoms with Crippen LogP contribution in [-0.4, -0.2) is 54.8 Å². The molecule has 1 radical (unpaired) electrons. The third kappa shape index (κ3) is 4.05. The first-order valence-corrected chi connectivity index (χ1v) is 10.5. The molecule has 0 amide bonds. The normalized spacial score (nSPS) is 11.3. The van der Waals surface area contributed by atoms with Crippen molar-refractivity contribution in [2.45, 2.75) is 26.8 Å². The summed E-state index contributed by atoms with van der Waals surface area (Å²) in [5.41, 5.74) is -0.337. The van der Waals surface area contributed by atoms with Gasteiger partial charge in [0.1, 0.15) is 16.2 Å². The van der Waals surface area contributed by atoms with Crippen molar-refractivity contribution in [1.82, 2.24) is 14.1 Å². The minimum absolute atomic E-state index is 0. The van der Waals surface area contributed by atoms with Crippen LogP contribution in [0.1, 0.15) is 34.6 Å². The molecule has 4 aromatic rings. The third-order valence-electron chi connectivity index (χ3n) is 5.17. The fraction of sp³-hybridized carbons (Fsp3) is 0.273. The van der Waals surface area contributed by atoms with Gasteiger partial charge in [-0.15, -0.1) is 11.3 Å². The number of carboxylic acids is 1. The summed E-state index contributed by atoms with van der Waals surface area (Å²) in [6, 6.07) is 6.32. The van der Waals surface area contributed by atoms with Crippen LogP contribution in [0.3, 0.4) is 0 Å². The number of aromatic nitrogens is 3. The molecule has 10 heteroatoms. The van der Waals surface area contributed by atoms with Crippen molar-refractivity contribution in [2.24, 2.45) is 13.0 Å². The second-order valence-electron chi connectivity index (χ2n) is 7.82. The summed E-state index contributed by atoms with van der Waals surface area (Å²) in [4.78, 5) is 42.6. The van der Waals surface area contributed by atoms with E-state index in [2.05, 4.69) is 4.98 Å². The van der Waals surface area contributed by atoms with E-state index in [0.717, 1.165) is 15.9 Å². The summed E-state index contributed by atoms with van der Waals surface area (Å²) in [6.45, 7) is 4.23.